The molecular formula is C8H15N5O2. The SMILES string of the molecule is Nc1cc(N(CCO)CCO)nc(N)n1. The number of hydrogen-bond donors (Lipinski definition) is 4. The standard InChI is InChI=1S/C8H15N5O2/c9-6-5-7(12-8(10)11-6)13(1-3-14)2-4-15/h5,14-15H,1-4H2,(H4,9,10,11,12). The van der Waals surface area contributed by atoms with Crippen LogP contribution in [0.5, 0.6) is 0 Å². The van der Waals surface area contributed by atoms with Gasteiger partial charge in [0, 0.05) is 19.2 Å². The van der Waals surface area contributed by atoms with E-state index in [2.05, 4.69) is 9.97 Å². The third-order valence-corrected chi connectivity index (χ3v) is 1.81. The van der Waals surface area contributed by atoms with Gasteiger partial charge in [0.2, 0.25) is 5.95 Å². The van der Waals surface area contributed by atoms with Crippen LogP contribution in [0.1, 0.15) is 0 Å². The molecule has 0 aromatic carbocycles. The van der Waals surface area contributed by atoms with Gasteiger partial charge in [-0.3, -0.25) is 0 Å². The summed E-state index contributed by atoms with van der Waals surface area (Å²) in [5, 5.41) is 17.7. The Balaban J connectivity index is 2.88. The Morgan fingerprint density at radius 1 is 1.13 bits per heavy atom. The molecule has 7 nitrogen and oxygen atoms in total. The molecule has 0 amide bonds. The predicted octanol–water partition coefficient (Wildman–Crippen LogP) is -1.57. The Bertz CT molecular complexity index is 294. The predicted molar refractivity (Wildman–Crippen MR) is 57.2 cm³/mol. The van der Waals surface area contributed by atoms with Gasteiger partial charge in [0.05, 0.1) is 13.2 Å². The summed E-state index contributed by atoms with van der Waals surface area (Å²) in [6, 6.07) is 1.54. The number of hydrogen-bond acceptors (Lipinski definition) is 7. The molecule has 0 aliphatic rings. The number of rotatable bonds is 5. The highest BCUT2D eigenvalue weighted by atomic mass is 16.3. The molecule has 0 fully saturated rings. The van der Waals surface area contributed by atoms with Gasteiger partial charge in [-0.05, 0) is 0 Å². The fourth-order valence-electron chi connectivity index (χ4n) is 1.22. The van der Waals surface area contributed by atoms with Crippen molar-refractivity contribution in [2.45, 2.75) is 0 Å². The van der Waals surface area contributed by atoms with Crippen LogP contribution in [0.25, 0.3) is 0 Å². The van der Waals surface area contributed by atoms with Crippen molar-refractivity contribution in [1.82, 2.24) is 9.97 Å². The zero-order valence-corrected chi connectivity index (χ0v) is 8.30. The van der Waals surface area contributed by atoms with E-state index in [1.807, 2.05) is 0 Å². The molecule has 1 heterocycles. The van der Waals surface area contributed by atoms with Gasteiger partial charge in [0.25, 0.3) is 0 Å². The minimum Gasteiger partial charge on any atom is -0.395 e. The first-order valence-electron chi connectivity index (χ1n) is 4.54. The lowest BCUT2D eigenvalue weighted by molar-refractivity contribution is 0.280. The van der Waals surface area contributed by atoms with Crippen LogP contribution < -0.4 is 16.4 Å². The molecule has 0 saturated heterocycles. The molecule has 0 aliphatic heterocycles. The summed E-state index contributed by atoms with van der Waals surface area (Å²) in [5.74, 6) is 0.840. The van der Waals surface area contributed by atoms with E-state index in [1.54, 1.807) is 11.0 Å². The van der Waals surface area contributed by atoms with Gasteiger partial charge < -0.3 is 26.6 Å². The van der Waals surface area contributed by atoms with Gasteiger partial charge >= 0.3 is 0 Å². The molecule has 84 valence electrons. The van der Waals surface area contributed by atoms with E-state index in [0.29, 0.717) is 18.9 Å². The fourth-order valence-corrected chi connectivity index (χ4v) is 1.22. The highest BCUT2D eigenvalue weighted by Crippen LogP contribution is 2.14. The van der Waals surface area contributed by atoms with E-state index < -0.39 is 0 Å². The molecule has 15 heavy (non-hydrogen) atoms. The van der Waals surface area contributed by atoms with Crippen molar-refractivity contribution >= 4 is 17.6 Å². The maximum Gasteiger partial charge on any atom is 0.223 e. The maximum atomic E-state index is 8.83. The molecule has 0 atom stereocenters. The minimum absolute atomic E-state index is 0.0379. The molecule has 1 aromatic rings. The summed E-state index contributed by atoms with van der Waals surface area (Å²) in [6.07, 6.45) is 0. The lowest BCUT2D eigenvalue weighted by Gasteiger charge is -2.21. The van der Waals surface area contributed by atoms with E-state index in [0.717, 1.165) is 0 Å². The smallest absolute Gasteiger partial charge is 0.223 e. The number of aliphatic hydroxyl groups excluding tert-OH is 2. The lowest BCUT2D eigenvalue weighted by Crippen LogP contribution is -2.30. The lowest BCUT2D eigenvalue weighted by atomic mass is 10.4. The van der Waals surface area contributed by atoms with Crippen LogP contribution in [0.15, 0.2) is 6.07 Å². The molecule has 1 aromatic heterocycles. The van der Waals surface area contributed by atoms with E-state index in [4.69, 9.17) is 21.7 Å². The monoisotopic (exact) mass is 213 g/mol. The van der Waals surface area contributed by atoms with Crippen LogP contribution >= 0.6 is 0 Å². The largest absolute Gasteiger partial charge is 0.395 e. The van der Waals surface area contributed by atoms with Gasteiger partial charge in [0.1, 0.15) is 11.6 Å². The first-order chi connectivity index (χ1) is 7.17. The Kier molecular flexibility index (Phi) is 4.07. The van der Waals surface area contributed by atoms with Crippen LogP contribution in [-0.4, -0.2) is 46.5 Å². The van der Waals surface area contributed by atoms with Crippen LogP contribution in [0, 0.1) is 0 Å². The summed E-state index contributed by atoms with van der Waals surface area (Å²) in [4.78, 5) is 9.37. The number of nitrogens with zero attached hydrogens (tertiary/aromatic N) is 3. The summed E-state index contributed by atoms with van der Waals surface area (Å²) < 4.78 is 0. The Morgan fingerprint density at radius 2 is 1.73 bits per heavy atom. The van der Waals surface area contributed by atoms with E-state index >= 15 is 0 Å². The van der Waals surface area contributed by atoms with Crippen molar-refractivity contribution in [3.05, 3.63) is 6.07 Å². The van der Waals surface area contributed by atoms with Crippen LogP contribution in [0.4, 0.5) is 17.6 Å². The Hall–Kier alpha value is -1.60. The van der Waals surface area contributed by atoms with Crippen molar-refractivity contribution in [1.29, 1.82) is 0 Å². The Morgan fingerprint density at radius 3 is 2.20 bits per heavy atom. The fraction of sp³-hybridized carbons (Fsp3) is 0.500. The van der Waals surface area contributed by atoms with Crippen LogP contribution in [0.2, 0.25) is 0 Å². The summed E-state index contributed by atoms with van der Waals surface area (Å²) >= 11 is 0. The summed E-state index contributed by atoms with van der Waals surface area (Å²) in [6.45, 7) is 0.639. The van der Waals surface area contributed by atoms with Crippen molar-refractivity contribution in [3.63, 3.8) is 0 Å². The highest BCUT2D eigenvalue weighted by molar-refractivity contribution is 5.50. The number of aliphatic hydroxyl groups is 2. The molecule has 0 aliphatic carbocycles. The molecular weight excluding hydrogens is 198 g/mol. The molecule has 0 saturated carbocycles. The first kappa shape index (κ1) is 11.5. The first-order valence-corrected chi connectivity index (χ1v) is 4.54. The van der Waals surface area contributed by atoms with Gasteiger partial charge in [0.15, 0.2) is 0 Å². The molecule has 0 radical (unpaired) electrons. The third kappa shape index (κ3) is 3.22. The van der Waals surface area contributed by atoms with E-state index in [1.165, 1.54) is 0 Å². The Labute approximate surface area is 87.4 Å². The zero-order chi connectivity index (χ0) is 11.3. The average Bonchev–Trinajstić information content (AvgIpc) is 2.16. The number of nitrogen functional groups attached to an aromatic ring is 2. The average molecular weight is 213 g/mol. The van der Waals surface area contributed by atoms with Crippen molar-refractivity contribution in [3.8, 4) is 0 Å². The van der Waals surface area contributed by atoms with Crippen LogP contribution in [-0.2, 0) is 0 Å². The van der Waals surface area contributed by atoms with Gasteiger partial charge in [-0.1, -0.05) is 0 Å². The summed E-state index contributed by atoms with van der Waals surface area (Å²) in [5.41, 5.74) is 10.9. The third-order valence-electron chi connectivity index (χ3n) is 1.81. The normalized spacial score (nSPS) is 10.3. The van der Waals surface area contributed by atoms with E-state index in [9.17, 15) is 0 Å². The van der Waals surface area contributed by atoms with Crippen LogP contribution in [0.3, 0.4) is 0 Å². The van der Waals surface area contributed by atoms with E-state index in [-0.39, 0.29) is 25.0 Å². The number of aromatic nitrogens is 2. The maximum absolute atomic E-state index is 8.83. The highest BCUT2D eigenvalue weighted by Gasteiger charge is 2.08. The quantitative estimate of drug-likeness (QED) is 0.466. The molecule has 6 N–H and O–H groups in total. The second kappa shape index (κ2) is 5.32. The second-order valence-corrected chi connectivity index (χ2v) is 2.94. The number of nitrogens with two attached hydrogens (primary N) is 2. The van der Waals surface area contributed by atoms with Crippen molar-refractivity contribution in [2.24, 2.45) is 0 Å². The molecule has 0 bridgehead atoms. The van der Waals surface area contributed by atoms with Crippen molar-refractivity contribution in [2.75, 3.05) is 42.7 Å². The zero-order valence-electron chi connectivity index (χ0n) is 8.30. The van der Waals surface area contributed by atoms with Gasteiger partial charge in [-0.2, -0.15) is 9.97 Å². The summed E-state index contributed by atoms with van der Waals surface area (Å²) in [7, 11) is 0. The van der Waals surface area contributed by atoms with Gasteiger partial charge in [-0.15, -0.1) is 0 Å². The second-order valence-electron chi connectivity index (χ2n) is 2.94. The van der Waals surface area contributed by atoms with Gasteiger partial charge in [-0.25, -0.2) is 0 Å². The topological polar surface area (TPSA) is 122 Å². The molecule has 1 rings (SSSR count). The molecule has 0 unspecified atom stereocenters. The number of anilines is 3. The molecule has 0 spiro atoms. The molecule has 7 heteroatoms. The van der Waals surface area contributed by atoms with Crippen molar-refractivity contribution < 1.29 is 10.2 Å². The minimum atomic E-state index is -0.0379.